The molecule has 1 aromatic heterocycles. The Hall–Kier alpha value is -1.31. The van der Waals surface area contributed by atoms with E-state index in [9.17, 15) is 5.11 Å². The largest absolute Gasteiger partial charge is 0.386 e. The number of hydrogen-bond acceptors (Lipinski definition) is 4. The van der Waals surface area contributed by atoms with Gasteiger partial charge in [-0.2, -0.15) is 5.26 Å². The molecule has 4 nitrogen and oxygen atoms in total. The van der Waals surface area contributed by atoms with Crippen molar-refractivity contribution in [3.05, 3.63) is 22.8 Å². The van der Waals surface area contributed by atoms with Crippen LogP contribution in [-0.2, 0) is 0 Å². The Balaban J connectivity index is 2.22. The van der Waals surface area contributed by atoms with E-state index < -0.39 is 5.60 Å². The Bertz CT molecular complexity index is 449. The van der Waals surface area contributed by atoms with E-state index in [0.717, 1.165) is 0 Å². The van der Waals surface area contributed by atoms with Crippen LogP contribution in [0.1, 0.15) is 18.9 Å². The van der Waals surface area contributed by atoms with Crippen LogP contribution < -0.4 is 4.90 Å². The Morgan fingerprint density at radius 1 is 1.69 bits per heavy atom. The van der Waals surface area contributed by atoms with Crippen LogP contribution in [0.2, 0.25) is 5.02 Å². The van der Waals surface area contributed by atoms with Gasteiger partial charge in [-0.3, -0.25) is 0 Å². The minimum Gasteiger partial charge on any atom is -0.386 e. The summed E-state index contributed by atoms with van der Waals surface area (Å²) in [7, 11) is 0. The first-order chi connectivity index (χ1) is 7.59. The van der Waals surface area contributed by atoms with Gasteiger partial charge in [0, 0.05) is 6.20 Å². The number of aliphatic hydroxyl groups is 1. The van der Waals surface area contributed by atoms with Crippen LogP contribution in [0.3, 0.4) is 0 Å². The first-order valence-electron chi connectivity index (χ1n) is 5.11. The fraction of sp³-hybridized carbons (Fsp3) is 0.455. The van der Waals surface area contributed by atoms with Gasteiger partial charge < -0.3 is 10.0 Å². The zero-order chi connectivity index (χ0) is 11.8. The van der Waals surface area contributed by atoms with E-state index in [1.54, 1.807) is 12.3 Å². The molecule has 0 aromatic carbocycles. The van der Waals surface area contributed by atoms with Crippen molar-refractivity contribution < 1.29 is 5.11 Å². The number of anilines is 1. The third kappa shape index (κ3) is 1.73. The first kappa shape index (κ1) is 11.2. The van der Waals surface area contributed by atoms with Crippen LogP contribution in [0, 0.1) is 11.3 Å². The summed E-state index contributed by atoms with van der Waals surface area (Å²) in [5, 5.41) is 19.1. The second-order valence-corrected chi connectivity index (χ2v) is 4.42. The Morgan fingerprint density at radius 3 is 2.94 bits per heavy atom. The van der Waals surface area contributed by atoms with Crippen LogP contribution in [0.4, 0.5) is 5.82 Å². The summed E-state index contributed by atoms with van der Waals surface area (Å²) in [6.07, 6.45) is 2.27. The number of hydrogen-bond donors (Lipinski definition) is 1. The second-order valence-electron chi connectivity index (χ2n) is 4.04. The quantitative estimate of drug-likeness (QED) is 0.848. The molecule has 2 rings (SSSR count). The smallest absolute Gasteiger partial charge is 0.148 e. The van der Waals surface area contributed by atoms with Crippen LogP contribution in [-0.4, -0.2) is 28.8 Å². The number of pyridine rings is 1. The Morgan fingerprint density at radius 2 is 2.38 bits per heavy atom. The molecule has 16 heavy (non-hydrogen) atoms. The third-order valence-electron chi connectivity index (χ3n) is 2.92. The van der Waals surface area contributed by atoms with Gasteiger partial charge in [-0.1, -0.05) is 18.5 Å². The molecule has 2 heterocycles. The van der Waals surface area contributed by atoms with E-state index in [2.05, 4.69) is 4.98 Å². The van der Waals surface area contributed by atoms with Gasteiger partial charge in [0.25, 0.3) is 0 Å². The number of halogens is 1. The second kappa shape index (κ2) is 3.93. The van der Waals surface area contributed by atoms with Crippen LogP contribution in [0.15, 0.2) is 12.3 Å². The maximum Gasteiger partial charge on any atom is 0.148 e. The topological polar surface area (TPSA) is 60.1 Å². The maximum absolute atomic E-state index is 9.89. The highest BCUT2D eigenvalue weighted by Crippen LogP contribution is 2.34. The summed E-state index contributed by atoms with van der Waals surface area (Å²) in [6.45, 7) is 2.98. The number of aromatic nitrogens is 1. The first-order valence-corrected chi connectivity index (χ1v) is 5.49. The highest BCUT2D eigenvalue weighted by molar-refractivity contribution is 6.34. The molecule has 0 amide bonds. The average molecular weight is 238 g/mol. The summed E-state index contributed by atoms with van der Waals surface area (Å²) in [6, 6.07) is 3.59. The van der Waals surface area contributed by atoms with Crippen molar-refractivity contribution in [1.29, 1.82) is 5.26 Å². The molecule has 0 atom stereocenters. The molecule has 1 fully saturated rings. The van der Waals surface area contributed by atoms with E-state index in [-0.39, 0.29) is 0 Å². The van der Waals surface area contributed by atoms with Gasteiger partial charge in [0.2, 0.25) is 0 Å². The average Bonchev–Trinajstić information content (AvgIpc) is 2.25. The predicted octanol–water partition coefficient (Wildman–Crippen LogP) is 1.57. The van der Waals surface area contributed by atoms with Gasteiger partial charge in [0.1, 0.15) is 16.9 Å². The number of nitrogens with zero attached hydrogens (tertiary/aromatic N) is 3. The minimum absolute atomic E-state index is 0.364. The normalized spacial score (nSPS) is 17.8. The molecule has 0 spiro atoms. The van der Waals surface area contributed by atoms with E-state index in [1.165, 1.54) is 0 Å². The van der Waals surface area contributed by atoms with Crippen LogP contribution in [0.5, 0.6) is 0 Å². The zero-order valence-electron chi connectivity index (χ0n) is 8.94. The van der Waals surface area contributed by atoms with Crippen molar-refractivity contribution >= 4 is 17.4 Å². The molecule has 1 aliphatic heterocycles. The van der Waals surface area contributed by atoms with E-state index in [4.69, 9.17) is 16.9 Å². The van der Waals surface area contributed by atoms with Gasteiger partial charge in [0.15, 0.2) is 0 Å². The molecule has 0 aliphatic carbocycles. The van der Waals surface area contributed by atoms with Crippen molar-refractivity contribution in [2.75, 3.05) is 18.0 Å². The minimum atomic E-state index is -0.631. The molecule has 84 valence electrons. The molecule has 0 radical (unpaired) electrons. The zero-order valence-corrected chi connectivity index (χ0v) is 9.70. The number of rotatable bonds is 2. The van der Waals surface area contributed by atoms with Gasteiger partial charge in [-0.15, -0.1) is 0 Å². The highest BCUT2D eigenvalue weighted by atomic mass is 35.5. The lowest BCUT2D eigenvalue weighted by molar-refractivity contribution is 0.00808. The predicted molar refractivity (Wildman–Crippen MR) is 61.4 cm³/mol. The summed E-state index contributed by atoms with van der Waals surface area (Å²) in [5.74, 6) is 0.582. The summed E-state index contributed by atoms with van der Waals surface area (Å²) in [5.41, 5.74) is -0.216. The molecule has 0 unspecified atom stereocenters. The molecule has 1 saturated heterocycles. The van der Waals surface area contributed by atoms with Gasteiger partial charge in [-0.25, -0.2) is 4.98 Å². The molecule has 0 saturated carbocycles. The molecular weight excluding hydrogens is 226 g/mol. The number of nitriles is 1. The lowest BCUT2D eigenvalue weighted by atomic mass is 9.91. The lowest BCUT2D eigenvalue weighted by Crippen LogP contribution is -2.62. The monoisotopic (exact) mass is 237 g/mol. The standard InChI is InChI=1S/C11H12ClN3O/c1-2-11(16)6-15(7-11)10-9(12)8(5-13)3-4-14-10/h3-4,16H,2,6-7H2,1H3. The molecule has 0 bridgehead atoms. The molecule has 1 aliphatic rings. The fourth-order valence-electron chi connectivity index (χ4n) is 1.78. The highest BCUT2D eigenvalue weighted by Gasteiger charge is 2.41. The van der Waals surface area contributed by atoms with Crippen LogP contribution in [0.25, 0.3) is 0 Å². The molecular formula is C11H12ClN3O. The van der Waals surface area contributed by atoms with Gasteiger partial charge in [0.05, 0.1) is 24.3 Å². The molecule has 5 heteroatoms. The molecule has 1 aromatic rings. The Kier molecular flexibility index (Phi) is 2.75. The van der Waals surface area contributed by atoms with Crippen molar-refractivity contribution in [2.24, 2.45) is 0 Å². The van der Waals surface area contributed by atoms with Crippen LogP contribution >= 0.6 is 11.6 Å². The summed E-state index contributed by atoms with van der Waals surface area (Å²) >= 11 is 6.04. The fourth-order valence-corrected chi connectivity index (χ4v) is 2.05. The summed E-state index contributed by atoms with van der Waals surface area (Å²) < 4.78 is 0. The molecule has 1 N–H and O–H groups in total. The van der Waals surface area contributed by atoms with E-state index in [0.29, 0.717) is 35.9 Å². The third-order valence-corrected chi connectivity index (χ3v) is 3.29. The van der Waals surface area contributed by atoms with Crippen molar-refractivity contribution in [2.45, 2.75) is 18.9 Å². The maximum atomic E-state index is 9.89. The number of β-amino-alcohol motifs (C(OH)–C–C–N with tert-alkyl or cyclic N) is 1. The van der Waals surface area contributed by atoms with E-state index >= 15 is 0 Å². The van der Waals surface area contributed by atoms with Gasteiger partial charge >= 0.3 is 0 Å². The summed E-state index contributed by atoms with van der Waals surface area (Å²) in [4.78, 5) is 6.02. The van der Waals surface area contributed by atoms with Crippen molar-refractivity contribution in [3.8, 4) is 6.07 Å². The SMILES string of the molecule is CCC1(O)CN(c2nccc(C#N)c2Cl)C1. The van der Waals surface area contributed by atoms with E-state index in [1.807, 2.05) is 17.9 Å². The van der Waals surface area contributed by atoms with Crippen molar-refractivity contribution in [3.63, 3.8) is 0 Å². The lowest BCUT2D eigenvalue weighted by Gasteiger charge is -2.47. The Labute approximate surface area is 99.1 Å². The van der Waals surface area contributed by atoms with Crippen molar-refractivity contribution in [1.82, 2.24) is 4.98 Å². The van der Waals surface area contributed by atoms with Gasteiger partial charge in [-0.05, 0) is 12.5 Å².